The number of ether oxygens (including phenoxy) is 2. The Morgan fingerprint density at radius 1 is 1.16 bits per heavy atom. The summed E-state index contributed by atoms with van der Waals surface area (Å²) in [5.74, 6) is -1.00. The Kier molecular flexibility index (Phi) is 7.83. The van der Waals surface area contributed by atoms with Gasteiger partial charge in [0.2, 0.25) is 0 Å². The summed E-state index contributed by atoms with van der Waals surface area (Å²) in [6, 6.07) is 13.2. The third-order valence-electron chi connectivity index (χ3n) is 4.43. The van der Waals surface area contributed by atoms with Crippen LogP contribution in [0.25, 0.3) is 6.08 Å². The van der Waals surface area contributed by atoms with Crippen molar-refractivity contribution < 1.29 is 28.2 Å². The SMILES string of the molecule is CCCCOC(=O)CN1C(=O)S/C(=C/c2cccc(OCc3ccccc3F)c2)C1=O. The van der Waals surface area contributed by atoms with Crippen LogP contribution in [0.15, 0.2) is 53.4 Å². The zero-order valence-corrected chi connectivity index (χ0v) is 17.8. The van der Waals surface area contributed by atoms with E-state index in [2.05, 4.69) is 0 Å². The molecule has 3 rings (SSSR count). The first kappa shape index (κ1) is 22.6. The average Bonchev–Trinajstić information content (AvgIpc) is 3.01. The Morgan fingerprint density at radius 3 is 2.74 bits per heavy atom. The lowest BCUT2D eigenvalue weighted by molar-refractivity contribution is -0.146. The molecule has 8 heteroatoms. The van der Waals surface area contributed by atoms with Crippen LogP contribution in [0.2, 0.25) is 0 Å². The quantitative estimate of drug-likeness (QED) is 0.315. The van der Waals surface area contributed by atoms with Crippen molar-refractivity contribution in [1.29, 1.82) is 0 Å². The molecule has 6 nitrogen and oxygen atoms in total. The van der Waals surface area contributed by atoms with E-state index in [-0.39, 0.29) is 23.9 Å². The van der Waals surface area contributed by atoms with Crippen molar-refractivity contribution in [1.82, 2.24) is 4.90 Å². The molecular weight excluding hydrogens is 421 g/mol. The number of rotatable bonds is 9. The van der Waals surface area contributed by atoms with Crippen molar-refractivity contribution in [3.8, 4) is 5.75 Å². The minimum absolute atomic E-state index is 0.0623. The van der Waals surface area contributed by atoms with Gasteiger partial charge in [0.05, 0.1) is 11.5 Å². The Morgan fingerprint density at radius 2 is 1.97 bits per heavy atom. The molecule has 0 N–H and O–H groups in total. The first-order valence-electron chi connectivity index (χ1n) is 9.85. The van der Waals surface area contributed by atoms with Gasteiger partial charge in [0, 0.05) is 5.56 Å². The lowest BCUT2D eigenvalue weighted by atomic mass is 10.2. The van der Waals surface area contributed by atoms with Gasteiger partial charge in [0.1, 0.15) is 24.7 Å². The standard InChI is InChI=1S/C23H22FNO5S/c1-2-3-11-29-21(26)14-25-22(27)20(31-23(25)28)13-16-7-6-9-18(12-16)30-15-17-8-4-5-10-19(17)24/h4-10,12-13H,2-3,11,14-15H2,1H3/b20-13+. The van der Waals surface area contributed by atoms with Crippen molar-refractivity contribution in [2.45, 2.75) is 26.4 Å². The third kappa shape index (κ3) is 6.18. The molecule has 31 heavy (non-hydrogen) atoms. The molecule has 1 saturated heterocycles. The second-order valence-corrected chi connectivity index (χ2v) is 7.79. The molecule has 0 aliphatic carbocycles. The number of benzene rings is 2. The van der Waals surface area contributed by atoms with E-state index in [0.29, 0.717) is 16.9 Å². The number of hydrogen-bond acceptors (Lipinski definition) is 6. The molecule has 0 unspecified atom stereocenters. The lowest BCUT2D eigenvalue weighted by Crippen LogP contribution is -2.34. The van der Waals surface area contributed by atoms with E-state index in [0.717, 1.165) is 29.5 Å². The molecule has 162 valence electrons. The molecule has 1 heterocycles. The molecule has 0 bridgehead atoms. The zero-order valence-electron chi connectivity index (χ0n) is 17.0. The third-order valence-corrected chi connectivity index (χ3v) is 5.34. The van der Waals surface area contributed by atoms with Gasteiger partial charge in [0.25, 0.3) is 11.1 Å². The van der Waals surface area contributed by atoms with Crippen LogP contribution in [0.1, 0.15) is 30.9 Å². The number of nitrogens with zero attached hydrogens (tertiary/aromatic N) is 1. The zero-order chi connectivity index (χ0) is 22.2. The van der Waals surface area contributed by atoms with Crippen molar-refractivity contribution >= 4 is 35.0 Å². The Balaban J connectivity index is 1.64. The number of thioether (sulfide) groups is 1. The molecule has 0 spiro atoms. The first-order chi connectivity index (χ1) is 15.0. The molecule has 1 aliphatic heterocycles. The molecule has 2 aromatic carbocycles. The largest absolute Gasteiger partial charge is 0.489 e. The van der Waals surface area contributed by atoms with Gasteiger partial charge in [-0.05, 0) is 48.0 Å². The number of hydrogen-bond donors (Lipinski definition) is 0. The van der Waals surface area contributed by atoms with Gasteiger partial charge in [-0.1, -0.05) is 43.7 Å². The Hall–Kier alpha value is -3.13. The Bertz CT molecular complexity index is 1010. The highest BCUT2D eigenvalue weighted by atomic mass is 32.2. The topological polar surface area (TPSA) is 72.9 Å². The van der Waals surface area contributed by atoms with Crippen LogP contribution in [0, 0.1) is 5.82 Å². The van der Waals surface area contributed by atoms with Crippen LogP contribution in [-0.4, -0.2) is 35.2 Å². The van der Waals surface area contributed by atoms with Crippen molar-refractivity contribution in [3.63, 3.8) is 0 Å². The van der Waals surface area contributed by atoms with Crippen molar-refractivity contribution in [2.24, 2.45) is 0 Å². The highest BCUT2D eigenvalue weighted by Crippen LogP contribution is 2.32. The van der Waals surface area contributed by atoms with Crippen LogP contribution < -0.4 is 4.74 Å². The number of esters is 1. The summed E-state index contributed by atoms with van der Waals surface area (Å²) >= 11 is 0.765. The molecule has 0 atom stereocenters. The van der Waals surface area contributed by atoms with Crippen LogP contribution >= 0.6 is 11.8 Å². The predicted molar refractivity (Wildman–Crippen MR) is 116 cm³/mol. The van der Waals surface area contributed by atoms with Gasteiger partial charge in [-0.15, -0.1) is 0 Å². The molecule has 0 radical (unpaired) electrons. The molecular formula is C23H22FNO5S. The molecule has 0 aromatic heterocycles. The minimum atomic E-state index is -0.611. The van der Waals surface area contributed by atoms with E-state index in [1.54, 1.807) is 48.5 Å². The van der Waals surface area contributed by atoms with Crippen LogP contribution in [-0.2, 0) is 20.9 Å². The number of carbonyl (C=O) groups excluding carboxylic acids is 3. The van der Waals surface area contributed by atoms with E-state index in [4.69, 9.17) is 9.47 Å². The van der Waals surface area contributed by atoms with Gasteiger partial charge >= 0.3 is 5.97 Å². The van der Waals surface area contributed by atoms with Crippen LogP contribution in [0.5, 0.6) is 5.75 Å². The van der Waals surface area contributed by atoms with E-state index < -0.39 is 23.7 Å². The maximum absolute atomic E-state index is 13.7. The number of imide groups is 1. The maximum Gasteiger partial charge on any atom is 0.326 e. The Labute approximate surface area is 184 Å². The summed E-state index contributed by atoms with van der Waals surface area (Å²) in [4.78, 5) is 37.7. The fraction of sp³-hybridized carbons (Fsp3) is 0.261. The molecule has 2 amide bonds. The highest BCUT2D eigenvalue weighted by Gasteiger charge is 2.36. The van der Waals surface area contributed by atoms with E-state index in [1.807, 2.05) is 6.92 Å². The fourth-order valence-electron chi connectivity index (χ4n) is 2.76. The van der Waals surface area contributed by atoms with Crippen molar-refractivity contribution in [3.05, 3.63) is 70.4 Å². The van der Waals surface area contributed by atoms with Crippen molar-refractivity contribution in [2.75, 3.05) is 13.2 Å². The predicted octanol–water partition coefficient (Wildman–Crippen LogP) is 4.78. The highest BCUT2D eigenvalue weighted by molar-refractivity contribution is 8.18. The normalized spacial score (nSPS) is 14.9. The van der Waals surface area contributed by atoms with E-state index >= 15 is 0 Å². The summed E-state index contributed by atoms with van der Waals surface area (Å²) in [5.41, 5.74) is 1.07. The number of amides is 2. The average molecular weight is 443 g/mol. The number of unbranched alkanes of at least 4 members (excludes halogenated alkanes) is 1. The number of halogens is 1. The molecule has 0 saturated carbocycles. The monoisotopic (exact) mass is 443 g/mol. The lowest BCUT2D eigenvalue weighted by Gasteiger charge is -2.11. The summed E-state index contributed by atoms with van der Waals surface area (Å²) in [6.45, 7) is 1.89. The molecule has 1 fully saturated rings. The maximum atomic E-state index is 13.7. The van der Waals surface area contributed by atoms with Crippen LogP contribution in [0.4, 0.5) is 9.18 Å². The van der Waals surface area contributed by atoms with Gasteiger partial charge in [0.15, 0.2) is 0 Å². The second kappa shape index (κ2) is 10.8. The number of carbonyl (C=O) groups is 3. The molecule has 1 aliphatic rings. The summed E-state index contributed by atoms with van der Waals surface area (Å²) in [6.07, 6.45) is 3.16. The van der Waals surface area contributed by atoms with Gasteiger partial charge < -0.3 is 9.47 Å². The van der Waals surface area contributed by atoms with Gasteiger partial charge in [-0.2, -0.15) is 0 Å². The minimum Gasteiger partial charge on any atom is -0.489 e. The fourth-order valence-corrected chi connectivity index (χ4v) is 3.60. The molecule has 2 aromatic rings. The van der Waals surface area contributed by atoms with Gasteiger partial charge in [-0.3, -0.25) is 19.3 Å². The van der Waals surface area contributed by atoms with Crippen LogP contribution in [0.3, 0.4) is 0 Å². The van der Waals surface area contributed by atoms with E-state index in [1.165, 1.54) is 6.07 Å². The van der Waals surface area contributed by atoms with Gasteiger partial charge in [-0.25, -0.2) is 4.39 Å². The summed E-state index contributed by atoms with van der Waals surface area (Å²) in [7, 11) is 0. The summed E-state index contributed by atoms with van der Waals surface area (Å²) < 4.78 is 24.4. The summed E-state index contributed by atoms with van der Waals surface area (Å²) in [5, 5.41) is -0.518. The second-order valence-electron chi connectivity index (χ2n) is 6.79. The smallest absolute Gasteiger partial charge is 0.326 e. The first-order valence-corrected chi connectivity index (χ1v) is 10.7. The van der Waals surface area contributed by atoms with E-state index in [9.17, 15) is 18.8 Å².